The number of hydrogen-bond donors (Lipinski definition) is 5. The van der Waals surface area contributed by atoms with Crippen molar-refractivity contribution < 1.29 is 37.1 Å². The molecule has 0 radical (unpaired) electrons. The summed E-state index contributed by atoms with van der Waals surface area (Å²) in [5, 5.41) is 22.8. The number of likely N-dealkylation sites (tertiary alicyclic amines) is 1. The third kappa shape index (κ3) is 8.80. The van der Waals surface area contributed by atoms with Gasteiger partial charge in [0.05, 0.1) is 12.1 Å². The maximum atomic E-state index is 13.9. The average Bonchev–Trinajstić information content (AvgIpc) is 2.94. The molecule has 2 heterocycles. The van der Waals surface area contributed by atoms with Crippen molar-refractivity contribution >= 4 is 23.4 Å². The van der Waals surface area contributed by atoms with Gasteiger partial charge in [0.15, 0.2) is 0 Å². The van der Waals surface area contributed by atoms with E-state index in [2.05, 4.69) is 10.3 Å². The molecule has 0 bridgehead atoms. The summed E-state index contributed by atoms with van der Waals surface area (Å²) in [6, 6.07) is 7.46. The van der Waals surface area contributed by atoms with Gasteiger partial charge >= 0.3 is 6.18 Å². The number of nitrogens with one attached hydrogen (secondary N) is 3. The van der Waals surface area contributed by atoms with Gasteiger partial charge < -0.3 is 31.8 Å². The van der Waals surface area contributed by atoms with Crippen LogP contribution >= 0.6 is 0 Å². The lowest BCUT2D eigenvalue weighted by Gasteiger charge is -2.43. The SMILES string of the molecule is CC(C)(N)C(=O)N[C@H](CCc1ccc(F)cc1CO)C(=O)N1CCC(=N)[C@](Cc2ccccn2)(C(=O)NCC(F)(F)F)C1. The zero-order valence-corrected chi connectivity index (χ0v) is 23.9. The van der Waals surface area contributed by atoms with Crippen molar-refractivity contribution in [1.82, 2.24) is 20.5 Å². The second-order valence-electron chi connectivity index (χ2n) is 11.2. The van der Waals surface area contributed by atoms with E-state index < -0.39 is 66.4 Å². The van der Waals surface area contributed by atoms with Crippen LogP contribution in [0.1, 0.15) is 43.5 Å². The van der Waals surface area contributed by atoms with Gasteiger partial charge in [0.25, 0.3) is 0 Å². The van der Waals surface area contributed by atoms with Gasteiger partial charge in [-0.05, 0) is 62.1 Å². The molecule has 10 nitrogen and oxygen atoms in total. The number of alkyl halides is 3. The number of benzene rings is 1. The number of amides is 3. The van der Waals surface area contributed by atoms with Gasteiger partial charge in [0.2, 0.25) is 17.7 Å². The Balaban J connectivity index is 1.94. The quantitative estimate of drug-likeness (QED) is 0.245. The number of aliphatic hydroxyl groups excluding tert-OH is 1. The molecular weight excluding hydrogens is 572 g/mol. The molecule has 0 unspecified atom stereocenters. The summed E-state index contributed by atoms with van der Waals surface area (Å²) in [6.45, 7) is 0.363. The lowest BCUT2D eigenvalue weighted by Crippen LogP contribution is -2.63. The van der Waals surface area contributed by atoms with Gasteiger partial charge in [-0.2, -0.15) is 13.2 Å². The van der Waals surface area contributed by atoms with Crippen LogP contribution in [0.4, 0.5) is 17.6 Å². The van der Waals surface area contributed by atoms with Gasteiger partial charge in [-0.1, -0.05) is 12.1 Å². The summed E-state index contributed by atoms with van der Waals surface area (Å²) in [6.07, 6.45) is -3.45. The Labute approximate surface area is 246 Å². The summed E-state index contributed by atoms with van der Waals surface area (Å²) in [5.74, 6) is -2.91. The molecule has 0 aliphatic carbocycles. The van der Waals surface area contributed by atoms with E-state index in [1.54, 1.807) is 18.2 Å². The fourth-order valence-corrected chi connectivity index (χ4v) is 4.90. The van der Waals surface area contributed by atoms with E-state index in [9.17, 15) is 37.1 Å². The molecule has 1 aromatic carbocycles. The summed E-state index contributed by atoms with van der Waals surface area (Å²) >= 11 is 0. The zero-order chi connectivity index (χ0) is 32.0. The molecule has 234 valence electrons. The van der Waals surface area contributed by atoms with Crippen molar-refractivity contribution in [2.24, 2.45) is 11.1 Å². The Bertz CT molecular complexity index is 1330. The molecule has 0 spiro atoms. The van der Waals surface area contributed by atoms with E-state index in [1.165, 1.54) is 37.1 Å². The Hall–Kier alpha value is -3.91. The van der Waals surface area contributed by atoms with Crippen LogP contribution in [0.3, 0.4) is 0 Å². The van der Waals surface area contributed by atoms with Crippen LogP contribution in [0.5, 0.6) is 0 Å². The molecule has 43 heavy (non-hydrogen) atoms. The molecule has 14 heteroatoms. The Morgan fingerprint density at radius 2 is 1.91 bits per heavy atom. The van der Waals surface area contributed by atoms with Crippen LogP contribution in [0.15, 0.2) is 42.6 Å². The molecule has 2 atom stereocenters. The number of nitrogens with zero attached hydrogens (tertiary/aromatic N) is 2. The standard InChI is InChI=1S/C29H36F4N6O4/c1-27(2,35)25(42)38-22(9-7-18-6-8-20(30)13-19(18)15-40)24(41)39-12-10-23(34)28(17-39,14-21-5-3-4-11-36-21)26(43)37-16-29(31,32)33/h3-6,8,11,13,22,34,40H,7,9-10,12,14-17,35H2,1-2H3,(H,37,43)(H,38,42)/t22-,28-/m1/s1. The predicted molar refractivity (Wildman–Crippen MR) is 149 cm³/mol. The van der Waals surface area contributed by atoms with Crippen molar-refractivity contribution in [2.75, 3.05) is 19.6 Å². The molecule has 2 aromatic rings. The number of piperidine rings is 1. The lowest BCUT2D eigenvalue weighted by atomic mass is 9.73. The number of carbonyl (C=O) groups is 3. The second-order valence-corrected chi connectivity index (χ2v) is 11.2. The molecule has 1 aliphatic heterocycles. The Morgan fingerprint density at radius 1 is 1.19 bits per heavy atom. The van der Waals surface area contributed by atoms with Crippen LogP contribution in [0.2, 0.25) is 0 Å². The second kappa shape index (κ2) is 13.6. The highest BCUT2D eigenvalue weighted by Gasteiger charge is 2.49. The number of hydrogen-bond acceptors (Lipinski definition) is 7. The molecule has 3 rings (SSSR count). The number of aryl methyl sites for hydroxylation is 1. The Kier molecular flexibility index (Phi) is 10.6. The van der Waals surface area contributed by atoms with E-state index in [0.717, 1.165) is 6.07 Å². The largest absolute Gasteiger partial charge is 0.405 e. The van der Waals surface area contributed by atoms with Gasteiger partial charge in [-0.3, -0.25) is 19.4 Å². The molecule has 3 amide bonds. The predicted octanol–water partition coefficient (Wildman–Crippen LogP) is 2.03. The average molecular weight is 609 g/mol. The first kappa shape index (κ1) is 33.6. The van der Waals surface area contributed by atoms with E-state index in [1.807, 2.05) is 5.32 Å². The van der Waals surface area contributed by atoms with Gasteiger partial charge in [0, 0.05) is 43.5 Å². The topological polar surface area (TPSA) is 162 Å². The van der Waals surface area contributed by atoms with Crippen molar-refractivity contribution in [3.8, 4) is 0 Å². The van der Waals surface area contributed by atoms with E-state index in [-0.39, 0.29) is 37.9 Å². The van der Waals surface area contributed by atoms with Crippen LogP contribution in [-0.4, -0.2) is 75.8 Å². The number of rotatable bonds is 11. The van der Waals surface area contributed by atoms with E-state index in [0.29, 0.717) is 16.8 Å². The fourth-order valence-electron chi connectivity index (χ4n) is 4.90. The maximum Gasteiger partial charge on any atom is 0.405 e. The van der Waals surface area contributed by atoms with Crippen molar-refractivity contribution in [3.05, 3.63) is 65.2 Å². The minimum atomic E-state index is -4.70. The van der Waals surface area contributed by atoms with Crippen LogP contribution in [0, 0.1) is 16.6 Å². The highest BCUT2D eigenvalue weighted by atomic mass is 19.4. The third-order valence-corrected chi connectivity index (χ3v) is 7.30. The summed E-state index contributed by atoms with van der Waals surface area (Å²) < 4.78 is 52.8. The van der Waals surface area contributed by atoms with Crippen LogP contribution < -0.4 is 16.4 Å². The molecular formula is C29H36F4N6O4. The number of carbonyl (C=O) groups excluding carboxylic acids is 3. The first-order chi connectivity index (χ1) is 20.1. The molecule has 1 aromatic heterocycles. The number of pyridine rings is 1. The molecule has 0 saturated carbocycles. The van der Waals surface area contributed by atoms with Gasteiger partial charge in [-0.25, -0.2) is 4.39 Å². The van der Waals surface area contributed by atoms with Crippen molar-refractivity contribution in [3.63, 3.8) is 0 Å². The van der Waals surface area contributed by atoms with Crippen LogP contribution in [0.25, 0.3) is 0 Å². The highest BCUT2D eigenvalue weighted by Crippen LogP contribution is 2.32. The van der Waals surface area contributed by atoms with Crippen LogP contribution in [-0.2, 0) is 33.8 Å². The normalized spacial score (nSPS) is 18.2. The lowest BCUT2D eigenvalue weighted by molar-refractivity contribution is -0.146. The van der Waals surface area contributed by atoms with Crippen molar-refractivity contribution in [2.45, 2.75) is 63.9 Å². The molecule has 1 saturated heterocycles. The third-order valence-electron chi connectivity index (χ3n) is 7.30. The first-order valence-electron chi connectivity index (χ1n) is 13.7. The first-order valence-corrected chi connectivity index (χ1v) is 13.7. The number of aliphatic hydroxyl groups is 1. The maximum absolute atomic E-state index is 13.9. The van der Waals surface area contributed by atoms with E-state index in [4.69, 9.17) is 11.1 Å². The fraction of sp³-hybridized carbons (Fsp3) is 0.483. The van der Waals surface area contributed by atoms with Crippen molar-refractivity contribution in [1.29, 1.82) is 5.41 Å². The number of aromatic nitrogens is 1. The Morgan fingerprint density at radius 3 is 2.51 bits per heavy atom. The highest BCUT2D eigenvalue weighted by molar-refractivity contribution is 6.09. The number of halogens is 4. The van der Waals surface area contributed by atoms with Gasteiger partial charge in [0.1, 0.15) is 23.8 Å². The van der Waals surface area contributed by atoms with Gasteiger partial charge in [-0.15, -0.1) is 0 Å². The summed E-state index contributed by atoms with van der Waals surface area (Å²) in [5.41, 5.74) is 3.76. The smallest absolute Gasteiger partial charge is 0.392 e. The summed E-state index contributed by atoms with van der Waals surface area (Å²) in [4.78, 5) is 45.6. The molecule has 1 fully saturated rings. The molecule has 1 aliphatic rings. The monoisotopic (exact) mass is 608 g/mol. The summed E-state index contributed by atoms with van der Waals surface area (Å²) in [7, 11) is 0. The molecule has 6 N–H and O–H groups in total. The number of nitrogens with two attached hydrogens (primary N) is 1. The zero-order valence-electron chi connectivity index (χ0n) is 23.9. The minimum Gasteiger partial charge on any atom is -0.392 e. The van der Waals surface area contributed by atoms with E-state index >= 15 is 0 Å². The minimum absolute atomic E-state index is 0.000737.